The fraction of sp³-hybridized carbons (Fsp3) is 1.00. The molecule has 0 amide bonds. The van der Waals surface area contributed by atoms with Crippen LogP contribution in [-0.4, -0.2) is 42.5 Å². The van der Waals surface area contributed by atoms with Gasteiger partial charge < -0.3 is 10.2 Å². The summed E-state index contributed by atoms with van der Waals surface area (Å²) in [5.74, 6) is 0.474. The molecule has 0 bridgehead atoms. The number of likely N-dealkylation sites (N-methyl/N-ethyl adjacent to an activating group) is 1. The first-order valence-electron chi connectivity index (χ1n) is 5.33. The van der Waals surface area contributed by atoms with E-state index in [1.54, 1.807) is 0 Å². The van der Waals surface area contributed by atoms with Crippen molar-refractivity contribution in [2.75, 3.05) is 33.2 Å². The van der Waals surface area contributed by atoms with Crippen molar-refractivity contribution >= 4 is 23.2 Å². The highest BCUT2D eigenvalue weighted by atomic mass is 35.5. The van der Waals surface area contributed by atoms with Crippen LogP contribution in [0, 0.1) is 5.92 Å². The average Bonchev–Trinajstić information content (AvgIpc) is 2.68. The standard InChI is InChI=1S/C10H20Cl2N2/c1-3-4-13-5-6-14(2)8-9-7-10(9,11)12/h9,13H,3-8H2,1-2H3. The minimum absolute atomic E-state index is 0.425. The molecule has 0 aromatic rings. The molecular weight excluding hydrogens is 219 g/mol. The molecule has 2 nitrogen and oxygen atoms in total. The molecule has 0 aliphatic heterocycles. The van der Waals surface area contributed by atoms with Crippen LogP contribution in [-0.2, 0) is 0 Å². The lowest BCUT2D eigenvalue weighted by atomic mass is 10.4. The second-order valence-electron chi connectivity index (χ2n) is 4.17. The fourth-order valence-electron chi connectivity index (χ4n) is 1.51. The molecule has 1 atom stereocenters. The van der Waals surface area contributed by atoms with Gasteiger partial charge in [0.1, 0.15) is 4.33 Å². The lowest BCUT2D eigenvalue weighted by Crippen LogP contribution is -2.31. The number of nitrogens with one attached hydrogen (secondary N) is 1. The van der Waals surface area contributed by atoms with E-state index in [4.69, 9.17) is 23.2 Å². The van der Waals surface area contributed by atoms with E-state index in [2.05, 4.69) is 24.2 Å². The highest BCUT2D eigenvalue weighted by molar-refractivity contribution is 6.50. The molecular formula is C10H20Cl2N2. The summed E-state index contributed by atoms with van der Waals surface area (Å²) in [5, 5.41) is 3.37. The van der Waals surface area contributed by atoms with E-state index in [1.165, 1.54) is 6.42 Å². The van der Waals surface area contributed by atoms with Crippen LogP contribution in [0.2, 0.25) is 0 Å². The van der Waals surface area contributed by atoms with Crippen LogP contribution in [0.25, 0.3) is 0 Å². The first-order valence-corrected chi connectivity index (χ1v) is 6.09. The Hall–Kier alpha value is 0.500. The number of rotatable bonds is 7. The summed E-state index contributed by atoms with van der Waals surface area (Å²) in [7, 11) is 2.12. The minimum Gasteiger partial charge on any atom is -0.315 e. The largest absolute Gasteiger partial charge is 0.315 e. The quantitative estimate of drug-likeness (QED) is 0.540. The molecule has 4 heteroatoms. The van der Waals surface area contributed by atoms with Crippen molar-refractivity contribution in [3.8, 4) is 0 Å². The van der Waals surface area contributed by atoms with E-state index in [-0.39, 0.29) is 0 Å². The monoisotopic (exact) mass is 238 g/mol. The molecule has 1 N–H and O–H groups in total. The van der Waals surface area contributed by atoms with Crippen molar-refractivity contribution < 1.29 is 0 Å². The summed E-state index contributed by atoms with van der Waals surface area (Å²) in [5.41, 5.74) is 0. The fourth-order valence-corrected chi connectivity index (χ4v) is 2.02. The van der Waals surface area contributed by atoms with Gasteiger partial charge in [-0.1, -0.05) is 6.92 Å². The molecule has 84 valence electrons. The summed E-state index contributed by atoms with van der Waals surface area (Å²) < 4.78 is -0.425. The van der Waals surface area contributed by atoms with Crippen molar-refractivity contribution in [3.63, 3.8) is 0 Å². The van der Waals surface area contributed by atoms with E-state index >= 15 is 0 Å². The van der Waals surface area contributed by atoms with E-state index < -0.39 is 4.33 Å². The van der Waals surface area contributed by atoms with Crippen molar-refractivity contribution in [3.05, 3.63) is 0 Å². The van der Waals surface area contributed by atoms with Crippen LogP contribution in [0.1, 0.15) is 19.8 Å². The molecule has 0 radical (unpaired) electrons. The lowest BCUT2D eigenvalue weighted by Gasteiger charge is -2.16. The van der Waals surface area contributed by atoms with E-state index in [0.29, 0.717) is 5.92 Å². The maximum atomic E-state index is 5.96. The van der Waals surface area contributed by atoms with Gasteiger partial charge in [0.25, 0.3) is 0 Å². The molecule has 1 aliphatic carbocycles. The zero-order valence-corrected chi connectivity index (χ0v) is 10.5. The number of hydrogen-bond donors (Lipinski definition) is 1. The second kappa shape index (κ2) is 5.55. The highest BCUT2D eigenvalue weighted by Crippen LogP contribution is 2.53. The maximum Gasteiger partial charge on any atom is 0.122 e. The Labute approximate surface area is 96.9 Å². The molecule has 14 heavy (non-hydrogen) atoms. The SMILES string of the molecule is CCCNCCN(C)CC1CC1(Cl)Cl. The number of nitrogens with zero attached hydrogens (tertiary/aromatic N) is 1. The molecule has 1 rings (SSSR count). The summed E-state index contributed by atoms with van der Waals surface area (Å²) in [6.45, 7) is 6.41. The Kier molecular flexibility index (Phi) is 4.98. The molecule has 0 heterocycles. The van der Waals surface area contributed by atoms with Gasteiger partial charge in [0.2, 0.25) is 0 Å². The Balaban J connectivity index is 1.97. The van der Waals surface area contributed by atoms with Crippen LogP contribution in [0.4, 0.5) is 0 Å². The van der Waals surface area contributed by atoms with Crippen molar-refractivity contribution in [1.29, 1.82) is 0 Å². The molecule has 0 aromatic carbocycles. The average molecular weight is 239 g/mol. The first-order chi connectivity index (χ1) is 6.56. The Morgan fingerprint density at radius 2 is 2.07 bits per heavy atom. The van der Waals surface area contributed by atoms with Crippen LogP contribution in [0.5, 0.6) is 0 Å². The van der Waals surface area contributed by atoms with Gasteiger partial charge in [-0.05, 0) is 26.4 Å². The maximum absolute atomic E-state index is 5.96. The number of alkyl halides is 2. The first kappa shape index (κ1) is 12.6. The third kappa shape index (κ3) is 4.35. The second-order valence-corrected chi connectivity index (χ2v) is 5.72. The van der Waals surface area contributed by atoms with Gasteiger partial charge in [0, 0.05) is 25.6 Å². The van der Waals surface area contributed by atoms with Crippen molar-refractivity contribution in [1.82, 2.24) is 10.2 Å². The minimum atomic E-state index is -0.425. The Morgan fingerprint density at radius 3 is 2.57 bits per heavy atom. The summed E-state index contributed by atoms with van der Waals surface area (Å²) in [6, 6.07) is 0. The normalized spacial score (nSPS) is 24.2. The number of hydrogen-bond acceptors (Lipinski definition) is 2. The Bertz CT molecular complexity index is 174. The van der Waals surface area contributed by atoms with Gasteiger partial charge in [-0.15, -0.1) is 23.2 Å². The van der Waals surface area contributed by atoms with Gasteiger partial charge >= 0.3 is 0 Å². The van der Waals surface area contributed by atoms with Gasteiger partial charge in [-0.2, -0.15) is 0 Å². The zero-order valence-electron chi connectivity index (χ0n) is 9.02. The molecule has 0 spiro atoms. The van der Waals surface area contributed by atoms with Crippen LogP contribution < -0.4 is 5.32 Å². The smallest absolute Gasteiger partial charge is 0.122 e. The van der Waals surface area contributed by atoms with Gasteiger partial charge in [-0.3, -0.25) is 0 Å². The van der Waals surface area contributed by atoms with Gasteiger partial charge in [0.15, 0.2) is 0 Å². The lowest BCUT2D eigenvalue weighted by molar-refractivity contribution is 0.318. The predicted molar refractivity (Wildman–Crippen MR) is 63.2 cm³/mol. The molecule has 0 saturated heterocycles. The molecule has 1 unspecified atom stereocenters. The predicted octanol–water partition coefficient (Wildman–Crippen LogP) is 2.11. The number of halogens is 2. The van der Waals surface area contributed by atoms with Crippen molar-refractivity contribution in [2.45, 2.75) is 24.1 Å². The summed E-state index contributed by atoms with van der Waals surface area (Å²) in [6.07, 6.45) is 2.14. The van der Waals surface area contributed by atoms with Crippen LogP contribution in [0.3, 0.4) is 0 Å². The molecule has 1 saturated carbocycles. The Morgan fingerprint density at radius 1 is 1.43 bits per heavy atom. The zero-order chi connectivity index (χ0) is 10.6. The van der Waals surface area contributed by atoms with Crippen LogP contribution >= 0.6 is 23.2 Å². The molecule has 1 aliphatic rings. The highest BCUT2D eigenvalue weighted by Gasteiger charge is 2.51. The van der Waals surface area contributed by atoms with Crippen LogP contribution in [0.15, 0.2) is 0 Å². The van der Waals surface area contributed by atoms with E-state index in [9.17, 15) is 0 Å². The van der Waals surface area contributed by atoms with Crippen molar-refractivity contribution in [2.24, 2.45) is 5.92 Å². The van der Waals surface area contributed by atoms with Gasteiger partial charge in [0.05, 0.1) is 0 Å². The summed E-state index contributed by atoms with van der Waals surface area (Å²) >= 11 is 11.9. The van der Waals surface area contributed by atoms with Gasteiger partial charge in [-0.25, -0.2) is 0 Å². The van der Waals surface area contributed by atoms with E-state index in [1.807, 2.05) is 0 Å². The third-order valence-electron chi connectivity index (χ3n) is 2.58. The molecule has 1 fully saturated rings. The van der Waals surface area contributed by atoms with E-state index in [0.717, 1.165) is 32.6 Å². The third-order valence-corrected chi connectivity index (χ3v) is 3.51. The summed E-state index contributed by atoms with van der Waals surface area (Å²) in [4.78, 5) is 2.29. The topological polar surface area (TPSA) is 15.3 Å². The molecule has 0 aromatic heterocycles.